The largest absolute Gasteiger partial charge is 0.454 e. The molecule has 1 aromatic carbocycles. The molecule has 2 N–H and O–H groups in total. The van der Waals surface area contributed by atoms with Crippen molar-refractivity contribution < 1.29 is 4.42 Å². The third-order valence-electron chi connectivity index (χ3n) is 4.76. The number of piperidine rings is 1. The first-order valence-electron chi connectivity index (χ1n) is 8.74. The molecule has 0 radical (unpaired) electrons. The molecule has 4 nitrogen and oxygen atoms in total. The minimum Gasteiger partial charge on any atom is -0.454 e. The molecule has 3 aromatic rings. The van der Waals surface area contributed by atoms with Gasteiger partial charge in [-0.25, -0.2) is 0 Å². The Morgan fingerprint density at radius 2 is 2.00 bits per heavy atom. The normalized spacial score (nSPS) is 15.8. The molecule has 2 aromatic heterocycles. The van der Waals surface area contributed by atoms with Gasteiger partial charge in [-0.2, -0.15) is 0 Å². The molecule has 0 unspecified atom stereocenters. The quantitative estimate of drug-likeness (QED) is 0.754. The molecule has 1 aliphatic rings. The molecular formula is C20H23N3O. The number of pyridine rings is 1. The van der Waals surface area contributed by atoms with Gasteiger partial charge in [-0.3, -0.25) is 4.98 Å². The summed E-state index contributed by atoms with van der Waals surface area (Å²) in [6, 6.07) is 14.3. The summed E-state index contributed by atoms with van der Waals surface area (Å²) in [5, 5.41) is 8.14. The van der Waals surface area contributed by atoms with E-state index in [9.17, 15) is 0 Å². The van der Waals surface area contributed by atoms with Crippen LogP contribution in [0.25, 0.3) is 22.4 Å². The van der Waals surface area contributed by atoms with Gasteiger partial charge in [-0.1, -0.05) is 24.3 Å². The van der Waals surface area contributed by atoms with Gasteiger partial charge in [-0.15, -0.1) is 0 Å². The van der Waals surface area contributed by atoms with Crippen molar-refractivity contribution in [3.63, 3.8) is 0 Å². The maximum absolute atomic E-state index is 5.99. The summed E-state index contributed by atoms with van der Waals surface area (Å²) in [5.41, 5.74) is 3.03. The molecule has 24 heavy (non-hydrogen) atoms. The summed E-state index contributed by atoms with van der Waals surface area (Å²) >= 11 is 0. The second kappa shape index (κ2) is 7.16. The fraction of sp³-hybridized carbons (Fsp3) is 0.350. The van der Waals surface area contributed by atoms with Crippen molar-refractivity contribution in [1.29, 1.82) is 0 Å². The Labute approximate surface area is 142 Å². The monoisotopic (exact) mass is 321 g/mol. The van der Waals surface area contributed by atoms with Gasteiger partial charge in [0.1, 0.15) is 11.3 Å². The molecule has 0 saturated carbocycles. The van der Waals surface area contributed by atoms with E-state index >= 15 is 0 Å². The Morgan fingerprint density at radius 3 is 2.88 bits per heavy atom. The predicted octanol–water partition coefficient (Wildman–Crippen LogP) is 3.58. The summed E-state index contributed by atoms with van der Waals surface area (Å²) in [5.74, 6) is 1.62. The molecule has 0 amide bonds. The number of nitrogens with zero attached hydrogens (tertiary/aromatic N) is 1. The summed E-state index contributed by atoms with van der Waals surface area (Å²) in [4.78, 5) is 4.57. The van der Waals surface area contributed by atoms with Crippen LogP contribution in [0.4, 0.5) is 0 Å². The smallest absolute Gasteiger partial charge is 0.154 e. The maximum Gasteiger partial charge on any atom is 0.154 e. The number of para-hydroxylation sites is 1. The Kier molecular flexibility index (Phi) is 4.58. The van der Waals surface area contributed by atoms with Gasteiger partial charge in [0.15, 0.2) is 5.76 Å². The second-order valence-corrected chi connectivity index (χ2v) is 6.48. The third-order valence-corrected chi connectivity index (χ3v) is 4.76. The summed E-state index contributed by atoms with van der Waals surface area (Å²) in [6.07, 6.45) is 4.35. The average molecular weight is 321 g/mol. The lowest BCUT2D eigenvalue weighted by atomic mass is 9.98. The van der Waals surface area contributed by atoms with Crippen molar-refractivity contribution in [3.8, 4) is 11.5 Å². The molecule has 4 rings (SSSR count). The number of benzene rings is 1. The van der Waals surface area contributed by atoms with Gasteiger partial charge in [0.05, 0.1) is 0 Å². The lowest BCUT2D eigenvalue weighted by Gasteiger charge is -2.23. The third kappa shape index (κ3) is 3.35. The summed E-state index contributed by atoms with van der Waals surface area (Å²) in [7, 11) is 0. The SMILES string of the molecule is c1cnc(-c2cc3ccccc3o2)c(CNCC2CCNCC2)c1. The number of furan rings is 1. The average Bonchev–Trinajstić information content (AvgIpc) is 3.07. The highest BCUT2D eigenvalue weighted by Gasteiger charge is 2.14. The Balaban J connectivity index is 1.49. The zero-order valence-electron chi connectivity index (χ0n) is 13.8. The van der Waals surface area contributed by atoms with E-state index < -0.39 is 0 Å². The van der Waals surface area contributed by atoms with Crippen LogP contribution in [0.3, 0.4) is 0 Å². The topological polar surface area (TPSA) is 50.1 Å². The highest BCUT2D eigenvalue weighted by atomic mass is 16.3. The molecule has 0 bridgehead atoms. The molecule has 1 saturated heterocycles. The van der Waals surface area contributed by atoms with Crippen LogP contribution in [0.5, 0.6) is 0 Å². The molecular weight excluding hydrogens is 298 g/mol. The number of hydrogen-bond acceptors (Lipinski definition) is 4. The predicted molar refractivity (Wildman–Crippen MR) is 96.7 cm³/mol. The van der Waals surface area contributed by atoms with Gasteiger partial charge in [-0.05, 0) is 62.2 Å². The molecule has 3 heterocycles. The zero-order chi connectivity index (χ0) is 16.2. The van der Waals surface area contributed by atoms with E-state index in [1.165, 1.54) is 18.4 Å². The molecule has 4 heteroatoms. The lowest BCUT2D eigenvalue weighted by molar-refractivity contribution is 0.356. The van der Waals surface area contributed by atoms with Crippen LogP contribution < -0.4 is 10.6 Å². The van der Waals surface area contributed by atoms with Crippen molar-refractivity contribution in [3.05, 3.63) is 54.2 Å². The van der Waals surface area contributed by atoms with Crippen molar-refractivity contribution in [2.24, 2.45) is 5.92 Å². The molecule has 1 aliphatic heterocycles. The Morgan fingerprint density at radius 1 is 1.12 bits per heavy atom. The fourth-order valence-corrected chi connectivity index (χ4v) is 3.40. The first-order valence-corrected chi connectivity index (χ1v) is 8.74. The lowest BCUT2D eigenvalue weighted by Crippen LogP contribution is -2.33. The molecule has 0 atom stereocenters. The van der Waals surface area contributed by atoms with E-state index in [4.69, 9.17) is 4.42 Å². The summed E-state index contributed by atoms with van der Waals surface area (Å²) < 4.78 is 5.99. The van der Waals surface area contributed by atoms with Crippen LogP contribution in [0, 0.1) is 5.92 Å². The number of nitrogens with one attached hydrogen (secondary N) is 2. The highest BCUT2D eigenvalue weighted by Crippen LogP contribution is 2.28. The van der Waals surface area contributed by atoms with E-state index in [-0.39, 0.29) is 0 Å². The van der Waals surface area contributed by atoms with Crippen LogP contribution >= 0.6 is 0 Å². The number of aromatic nitrogens is 1. The summed E-state index contributed by atoms with van der Waals surface area (Å²) in [6.45, 7) is 4.17. The zero-order valence-corrected chi connectivity index (χ0v) is 13.8. The van der Waals surface area contributed by atoms with E-state index in [2.05, 4.69) is 33.8 Å². The number of hydrogen-bond donors (Lipinski definition) is 2. The van der Waals surface area contributed by atoms with E-state index in [1.54, 1.807) is 0 Å². The molecule has 0 spiro atoms. The van der Waals surface area contributed by atoms with Crippen LogP contribution in [0.15, 0.2) is 53.1 Å². The Hall–Kier alpha value is -2.17. The van der Waals surface area contributed by atoms with Crippen molar-refractivity contribution in [2.45, 2.75) is 19.4 Å². The van der Waals surface area contributed by atoms with Crippen LogP contribution in [-0.4, -0.2) is 24.6 Å². The fourth-order valence-electron chi connectivity index (χ4n) is 3.40. The first-order chi connectivity index (χ1) is 11.9. The molecule has 1 fully saturated rings. The standard InChI is InChI=1S/C20H23N3O/c1-2-6-18-16(4-1)12-19(24-18)20-17(5-3-9-23-20)14-22-13-15-7-10-21-11-8-15/h1-6,9,12,15,21-22H,7-8,10-11,13-14H2. The first kappa shape index (κ1) is 15.4. The number of fused-ring (bicyclic) bond motifs is 1. The number of rotatable bonds is 5. The van der Waals surface area contributed by atoms with E-state index in [1.807, 2.05) is 30.5 Å². The van der Waals surface area contributed by atoms with Gasteiger partial charge in [0.25, 0.3) is 0 Å². The molecule has 124 valence electrons. The maximum atomic E-state index is 5.99. The van der Waals surface area contributed by atoms with Gasteiger partial charge < -0.3 is 15.1 Å². The van der Waals surface area contributed by atoms with Gasteiger partial charge in [0, 0.05) is 18.1 Å². The van der Waals surface area contributed by atoms with Crippen molar-refractivity contribution >= 4 is 11.0 Å². The van der Waals surface area contributed by atoms with E-state index in [0.29, 0.717) is 0 Å². The van der Waals surface area contributed by atoms with Crippen LogP contribution in [0.2, 0.25) is 0 Å². The van der Waals surface area contributed by atoms with Crippen molar-refractivity contribution in [2.75, 3.05) is 19.6 Å². The minimum atomic E-state index is 0.776. The van der Waals surface area contributed by atoms with Crippen LogP contribution in [-0.2, 0) is 6.54 Å². The van der Waals surface area contributed by atoms with Crippen LogP contribution in [0.1, 0.15) is 18.4 Å². The van der Waals surface area contributed by atoms with Crippen molar-refractivity contribution in [1.82, 2.24) is 15.6 Å². The second-order valence-electron chi connectivity index (χ2n) is 6.48. The van der Waals surface area contributed by atoms with Gasteiger partial charge >= 0.3 is 0 Å². The van der Waals surface area contributed by atoms with E-state index in [0.717, 1.165) is 54.5 Å². The van der Waals surface area contributed by atoms with Gasteiger partial charge in [0.2, 0.25) is 0 Å². The highest BCUT2D eigenvalue weighted by molar-refractivity contribution is 5.82. The molecule has 0 aliphatic carbocycles. The Bertz CT molecular complexity index is 772. The minimum absolute atomic E-state index is 0.776.